The Morgan fingerprint density at radius 1 is 1.11 bits per heavy atom. The maximum absolute atomic E-state index is 13.4. The molecule has 2 atom stereocenters. The second-order valence-corrected chi connectivity index (χ2v) is 9.52. The van der Waals surface area contributed by atoms with E-state index in [1.54, 1.807) is 34.3 Å². The molecular formula is C28H34N4O3. The zero-order chi connectivity index (χ0) is 24.9. The van der Waals surface area contributed by atoms with E-state index in [2.05, 4.69) is 23.8 Å². The van der Waals surface area contributed by atoms with Crippen molar-refractivity contribution in [2.45, 2.75) is 58.4 Å². The van der Waals surface area contributed by atoms with Gasteiger partial charge in [0, 0.05) is 49.0 Å². The number of hydrogen-bond donors (Lipinski definition) is 1. The van der Waals surface area contributed by atoms with E-state index in [0.29, 0.717) is 36.4 Å². The number of carbonyl (C=O) groups is 3. The van der Waals surface area contributed by atoms with E-state index >= 15 is 0 Å². The molecule has 0 aliphatic carbocycles. The van der Waals surface area contributed by atoms with Gasteiger partial charge in [-0.05, 0) is 43.0 Å². The van der Waals surface area contributed by atoms with Gasteiger partial charge in [-0.3, -0.25) is 14.4 Å². The lowest BCUT2D eigenvalue weighted by molar-refractivity contribution is -0.130. The largest absolute Gasteiger partial charge is 0.345 e. The second-order valence-electron chi connectivity index (χ2n) is 9.52. The SMILES string of the molecule is CCCCCC(C)c1ccnc2[nH]cc(C(=O)C(=O)N3CCN(C(=O)c4ccccc4)C[C@H]3C)c12. The third-order valence-corrected chi connectivity index (χ3v) is 7.01. The minimum absolute atomic E-state index is 0.0553. The number of rotatable bonds is 8. The molecule has 7 heteroatoms. The van der Waals surface area contributed by atoms with Crippen LogP contribution in [-0.2, 0) is 4.79 Å². The molecule has 4 rings (SSSR count). The van der Waals surface area contributed by atoms with Crippen LogP contribution in [0, 0.1) is 0 Å². The minimum Gasteiger partial charge on any atom is -0.345 e. The monoisotopic (exact) mass is 474 g/mol. The van der Waals surface area contributed by atoms with Crippen LogP contribution >= 0.6 is 0 Å². The van der Waals surface area contributed by atoms with Crippen LogP contribution in [0.5, 0.6) is 0 Å². The van der Waals surface area contributed by atoms with Crippen LogP contribution in [0.2, 0.25) is 0 Å². The molecule has 2 amide bonds. The van der Waals surface area contributed by atoms with Crippen LogP contribution in [0.15, 0.2) is 48.8 Å². The van der Waals surface area contributed by atoms with Crippen LogP contribution in [0.1, 0.15) is 78.7 Å². The molecule has 1 N–H and O–H groups in total. The van der Waals surface area contributed by atoms with E-state index in [9.17, 15) is 14.4 Å². The average molecular weight is 475 g/mol. The molecule has 0 radical (unpaired) electrons. The van der Waals surface area contributed by atoms with E-state index in [-0.39, 0.29) is 17.9 Å². The summed E-state index contributed by atoms with van der Waals surface area (Å²) in [5, 5.41) is 0.750. The van der Waals surface area contributed by atoms with E-state index in [1.807, 2.05) is 31.2 Å². The van der Waals surface area contributed by atoms with Gasteiger partial charge in [-0.2, -0.15) is 0 Å². The molecule has 184 valence electrons. The standard InChI is InChI=1S/C28H34N4O3/c1-4-5-7-10-19(2)22-13-14-29-26-24(22)23(17-30-26)25(33)28(35)32-16-15-31(18-20(32)3)27(34)21-11-8-6-9-12-21/h6,8-9,11-14,17,19-20H,4-5,7,10,15-16,18H2,1-3H3,(H,29,30)/t19?,20-/m1/s1. The molecule has 3 aromatic rings. The first-order chi connectivity index (χ1) is 16.9. The topological polar surface area (TPSA) is 86.4 Å². The Labute approximate surface area is 206 Å². The van der Waals surface area contributed by atoms with Gasteiger partial charge in [0.25, 0.3) is 17.6 Å². The van der Waals surface area contributed by atoms with Crippen molar-refractivity contribution in [3.63, 3.8) is 0 Å². The zero-order valence-corrected chi connectivity index (χ0v) is 20.8. The lowest BCUT2D eigenvalue weighted by Gasteiger charge is -2.39. The molecule has 3 heterocycles. The van der Waals surface area contributed by atoms with Gasteiger partial charge in [-0.1, -0.05) is 51.3 Å². The third-order valence-electron chi connectivity index (χ3n) is 7.01. The van der Waals surface area contributed by atoms with E-state index in [0.717, 1.165) is 30.2 Å². The van der Waals surface area contributed by atoms with Crippen molar-refractivity contribution in [3.8, 4) is 0 Å². The van der Waals surface area contributed by atoms with Gasteiger partial charge in [0.05, 0.1) is 5.56 Å². The number of fused-ring (bicyclic) bond motifs is 1. The number of aromatic nitrogens is 2. The summed E-state index contributed by atoms with van der Waals surface area (Å²) in [5.74, 6) is -0.851. The second kappa shape index (κ2) is 10.8. The quantitative estimate of drug-likeness (QED) is 0.289. The highest BCUT2D eigenvalue weighted by atomic mass is 16.2. The van der Waals surface area contributed by atoms with Gasteiger partial charge in [-0.25, -0.2) is 4.98 Å². The average Bonchev–Trinajstić information content (AvgIpc) is 3.32. The molecule has 1 fully saturated rings. The molecule has 1 unspecified atom stereocenters. The van der Waals surface area contributed by atoms with Crippen molar-refractivity contribution in [3.05, 3.63) is 65.5 Å². The van der Waals surface area contributed by atoms with Crippen LogP contribution in [-0.4, -0.2) is 63.0 Å². The molecule has 0 bridgehead atoms. The Bertz CT molecular complexity index is 1200. The maximum Gasteiger partial charge on any atom is 0.295 e. The number of unbranched alkanes of at least 4 members (excludes halogenated alkanes) is 2. The van der Waals surface area contributed by atoms with E-state index < -0.39 is 11.7 Å². The number of piperazine rings is 1. The predicted octanol–water partition coefficient (Wildman–Crippen LogP) is 4.80. The van der Waals surface area contributed by atoms with Crippen LogP contribution < -0.4 is 0 Å². The van der Waals surface area contributed by atoms with Crippen LogP contribution in [0.4, 0.5) is 0 Å². The summed E-state index contributed by atoms with van der Waals surface area (Å²) in [4.78, 5) is 50.4. The number of carbonyl (C=O) groups excluding carboxylic acids is 3. The fraction of sp³-hybridized carbons (Fsp3) is 0.429. The summed E-state index contributed by atoms with van der Waals surface area (Å²) in [6.07, 6.45) is 7.84. The number of H-pyrrole nitrogens is 1. The normalized spacial score (nSPS) is 16.9. The zero-order valence-electron chi connectivity index (χ0n) is 20.8. The predicted molar refractivity (Wildman–Crippen MR) is 137 cm³/mol. The number of aromatic amines is 1. The lowest BCUT2D eigenvalue weighted by atomic mass is 9.91. The summed E-state index contributed by atoms with van der Waals surface area (Å²) in [6.45, 7) is 7.34. The molecule has 1 aliphatic rings. The molecule has 35 heavy (non-hydrogen) atoms. The Hall–Kier alpha value is -3.48. The fourth-order valence-electron chi connectivity index (χ4n) is 4.98. The molecule has 0 saturated carbocycles. The molecular weight excluding hydrogens is 440 g/mol. The van der Waals surface area contributed by atoms with Crippen molar-refractivity contribution in [1.82, 2.24) is 19.8 Å². The highest BCUT2D eigenvalue weighted by Gasteiger charge is 2.34. The maximum atomic E-state index is 13.4. The number of amides is 2. The first kappa shape index (κ1) is 24.6. The number of nitrogens with one attached hydrogen (secondary N) is 1. The van der Waals surface area contributed by atoms with E-state index in [1.165, 1.54) is 6.42 Å². The number of Topliss-reactive ketones (excluding diaryl/α,β-unsaturated/α-hetero) is 1. The van der Waals surface area contributed by atoms with Gasteiger partial charge in [0.15, 0.2) is 0 Å². The highest BCUT2D eigenvalue weighted by molar-refractivity contribution is 6.45. The van der Waals surface area contributed by atoms with Crippen molar-refractivity contribution in [2.75, 3.05) is 19.6 Å². The Balaban J connectivity index is 1.50. The first-order valence-corrected chi connectivity index (χ1v) is 12.6. The van der Waals surface area contributed by atoms with E-state index in [4.69, 9.17) is 0 Å². The summed E-state index contributed by atoms with van der Waals surface area (Å²) in [7, 11) is 0. The summed E-state index contributed by atoms with van der Waals surface area (Å²) in [5.41, 5.74) is 2.69. The lowest BCUT2D eigenvalue weighted by Crippen LogP contribution is -2.56. The van der Waals surface area contributed by atoms with Crippen molar-refractivity contribution >= 4 is 28.6 Å². The number of nitrogens with zero attached hydrogens (tertiary/aromatic N) is 3. The summed E-state index contributed by atoms with van der Waals surface area (Å²) < 4.78 is 0. The smallest absolute Gasteiger partial charge is 0.295 e. The molecule has 2 aromatic heterocycles. The molecule has 0 spiro atoms. The van der Waals surface area contributed by atoms with Gasteiger partial charge >= 0.3 is 0 Å². The van der Waals surface area contributed by atoms with Crippen LogP contribution in [0.25, 0.3) is 11.0 Å². The molecule has 1 saturated heterocycles. The Morgan fingerprint density at radius 2 is 1.89 bits per heavy atom. The van der Waals surface area contributed by atoms with Crippen molar-refractivity contribution < 1.29 is 14.4 Å². The number of benzene rings is 1. The Morgan fingerprint density at radius 3 is 2.60 bits per heavy atom. The highest BCUT2D eigenvalue weighted by Crippen LogP contribution is 2.31. The molecule has 7 nitrogen and oxygen atoms in total. The fourth-order valence-corrected chi connectivity index (χ4v) is 4.98. The Kier molecular flexibility index (Phi) is 7.63. The molecule has 1 aliphatic heterocycles. The third kappa shape index (κ3) is 5.14. The summed E-state index contributed by atoms with van der Waals surface area (Å²) >= 11 is 0. The van der Waals surface area contributed by atoms with Gasteiger partial charge < -0.3 is 14.8 Å². The minimum atomic E-state index is -0.529. The van der Waals surface area contributed by atoms with Crippen molar-refractivity contribution in [2.24, 2.45) is 0 Å². The van der Waals surface area contributed by atoms with Gasteiger partial charge in [-0.15, -0.1) is 0 Å². The number of hydrogen-bond acceptors (Lipinski definition) is 4. The van der Waals surface area contributed by atoms with Gasteiger partial charge in [0.2, 0.25) is 0 Å². The van der Waals surface area contributed by atoms with Gasteiger partial charge in [0.1, 0.15) is 5.65 Å². The summed E-state index contributed by atoms with van der Waals surface area (Å²) in [6, 6.07) is 10.8. The number of ketones is 1. The van der Waals surface area contributed by atoms with Crippen LogP contribution in [0.3, 0.4) is 0 Å². The van der Waals surface area contributed by atoms with Crippen molar-refractivity contribution in [1.29, 1.82) is 0 Å². The number of pyridine rings is 1. The molecule has 1 aromatic carbocycles. The first-order valence-electron chi connectivity index (χ1n) is 12.6.